The summed E-state index contributed by atoms with van der Waals surface area (Å²) in [6.45, 7) is 4.19. The second kappa shape index (κ2) is 10.5. The van der Waals surface area contributed by atoms with Gasteiger partial charge >= 0.3 is 0 Å². The summed E-state index contributed by atoms with van der Waals surface area (Å²) < 4.78 is 15.8. The molecule has 0 radical (unpaired) electrons. The number of carbonyl (C=O) groups excluding carboxylic acids is 2. The number of rotatable bonds is 10. The van der Waals surface area contributed by atoms with Crippen LogP contribution in [0.4, 0.5) is 0 Å². The molecule has 0 aliphatic carbocycles. The van der Waals surface area contributed by atoms with Crippen molar-refractivity contribution in [3.8, 4) is 17.2 Å². The lowest BCUT2D eigenvalue weighted by atomic mass is 9.94. The summed E-state index contributed by atoms with van der Waals surface area (Å²) in [6.07, 6.45) is 4.12. The van der Waals surface area contributed by atoms with Gasteiger partial charge in [-0.15, -0.1) is 0 Å². The van der Waals surface area contributed by atoms with Crippen molar-refractivity contribution in [3.05, 3.63) is 59.7 Å². The van der Waals surface area contributed by atoms with Crippen molar-refractivity contribution in [2.24, 2.45) is 5.41 Å². The Morgan fingerprint density at radius 1 is 0.967 bits per heavy atom. The van der Waals surface area contributed by atoms with Gasteiger partial charge in [-0.25, -0.2) is 0 Å². The lowest BCUT2D eigenvalue weighted by Gasteiger charge is -2.29. The molecule has 6 nitrogen and oxygen atoms in total. The number of ether oxygens (including phenoxy) is 3. The molecule has 30 heavy (non-hydrogen) atoms. The van der Waals surface area contributed by atoms with Gasteiger partial charge in [0.2, 0.25) is 5.91 Å². The fourth-order valence-corrected chi connectivity index (χ4v) is 2.92. The number of methoxy groups -OCH3 is 3. The predicted octanol–water partition coefficient (Wildman–Crippen LogP) is 3.98. The van der Waals surface area contributed by atoms with Gasteiger partial charge < -0.3 is 23.9 Å². The van der Waals surface area contributed by atoms with E-state index in [-0.39, 0.29) is 12.5 Å². The Hall–Kier alpha value is -3.28. The molecule has 0 aromatic heterocycles. The molecule has 0 spiro atoms. The average Bonchev–Trinajstić information content (AvgIpc) is 2.77. The van der Waals surface area contributed by atoms with E-state index >= 15 is 0 Å². The maximum atomic E-state index is 13.0. The highest BCUT2D eigenvalue weighted by Gasteiger charge is 2.24. The fraction of sp³-hybridized carbons (Fsp3) is 0.333. The number of carbonyl (C=O) groups is 2. The molecule has 0 fully saturated rings. The zero-order chi connectivity index (χ0) is 22.1. The van der Waals surface area contributed by atoms with Crippen molar-refractivity contribution in [3.63, 3.8) is 0 Å². The van der Waals surface area contributed by atoms with Crippen LogP contribution in [-0.4, -0.2) is 45.0 Å². The van der Waals surface area contributed by atoms with Gasteiger partial charge in [-0.05, 0) is 35.9 Å². The number of nitrogens with zero attached hydrogens (tertiary/aromatic N) is 1. The van der Waals surface area contributed by atoms with Gasteiger partial charge in [0, 0.05) is 36.2 Å². The third-order valence-corrected chi connectivity index (χ3v) is 4.62. The van der Waals surface area contributed by atoms with Crippen LogP contribution >= 0.6 is 0 Å². The number of amides is 1. The van der Waals surface area contributed by atoms with E-state index in [0.29, 0.717) is 18.0 Å². The van der Waals surface area contributed by atoms with Crippen LogP contribution in [0.1, 0.15) is 25.0 Å². The third kappa shape index (κ3) is 6.37. The molecule has 2 aromatic carbocycles. The molecule has 0 atom stereocenters. The molecule has 2 aromatic rings. The summed E-state index contributed by atoms with van der Waals surface area (Å²) >= 11 is 0. The number of hydrogen-bond donors (Lipinski definition) is 0. The van der Waals surface area contributed by atoms with E-state index in [1.165, 1.54) is 6.08 Å². The monoisotopic (exact) mass is 411 g/mol. The summed E-state index contributed by atoms with van der Waals surface area (Å²) in [6, 6.07) is 12.9. The predicted molar refractivity (Wildman–Crippen MR) is 117 cm³/mol. The van der Waals surface area contributed by atoms with Crippen molar-refractivity contribution in [1.82, 2.24) is 4.90 Å². The highest BCUT2D eigenvalue weighted by Crippen LogP contribution is 2.27. The van der Waals surface area contributed by atoms with E-state index in [4.69, 9.17) is 14.2 Å². The first kappa shape index (κ1) is 23.0. The topological polar surface area (TPSA) is 65.1 Å². The molecule has 0 aliphatic rings. The van der Waals surface area contributed by atoms with Gasteiger partial charge in [-0.1, -0.05) is 26.0 Å². The minimum atomic E-state index is -0.677. The van der Waals surface area contributed by atoms with Crippen molar-refractivity contribution in [2.45, 2.75) is 20.4 Å². The summed E-state index contributed by atoms with van der Waals surface area (Å²) in [5, 5.41) is 0. The number of aldehydes is 1. The van der Waals surface area contributed by atoms with Gasteiger partial charge in [0.15, 0.2) is 0 Å². The van der Waals surface area contributed by atoms with Gasteiger partial charge in [-0.2, -0.15) is 0 Å². The summed E-state index contributed by atoms with van der Waals surface area (Å²) in [5.41, 5.74) is 1.02. The third-order valence-electron chi connectivity index (χ3n) is 4.62. The van der Waals surface area contributed by atoms with Crippen LogP contribution in [0, 0.1) is 5.41 Å². The Morgan fingerprint density at radius 3 is 2.17 bits per heavy atom. The maximum Gasteiger partial charge on any atom is 0.246 e. The number of hydrogen-bond acceptors (Lipinski definition) is 5. The summed E-state index contributed by atoms with van der Waals surface area (Å²) in [7, 11) is 4.76. The second-order valence-electron chi connectivity index (χ2n) is 7.59. The molecule has 0 N–H and O–H groups in total. The molecular weight excluding hydrogens is 382 g/mol. The van der Waals surface area contributed by atoms with Crippen LogP contribution in [0.3, 0.4) is 0 Å². The fourth-order valence-electron chi connectivity index (χ4n) is 2.92. The van der Waals surface area contributed by atoms with E-state index in [0.717, 1.165) is 23.2 Å². The molecule has 0 saturated heterocycles. The Bertz CT molecular complexity index is 887. The largest absolute Gasteiger partial charge is 0.497 e. The van der Waals surface area contributed by atoms with Gasteiger partial charge in [0.25, 0.3) is 0 Å². The molecule has 1 amide bonds. The average molecular weight is 411 g/mol. The molecule has 2 rings (SSSR count). The smallest absolute Gasteiger partial charge is 0.246 e. The first-order valence-electron chi connectivity index (χ1n) is 9.60. The van der Waals surface area contributed by atoms with E-state index in [9.17, 15) is 9.59 Å². The summed E-state index contributed by atoms with van der Waals surface area (Å²) in [4.78, 5) is 26.1. The zero-order valence-corrected chi connectivity index (χ0v) is 18.2. The van der Waals surface area contributed by atoms with Crippen molar-refractivity contribution >= 4 is 18.3 Å². The van der Waals surface area contributed by atoms with Crippen LogP contribution < -0.4 is 14.2 Å². The highest BCUT2D eigenvalue weighted by molar-refractivity contribution is 5.92. The first-order chi connectivity index (χ1) is 14.3. The lowest BCUT2D eigenvalue weighted by molar-refractivity contribution is -0.129. The quantitative estimate of drug-likeness (QED) is 0.437. The molecule has 0 saturated carbocycles. The van der Waals surface area contributed by atoms with E-state index in [1.807, 2.05) is 36.4 Å². The Balaban J connectivity index is 2.26. The Labute approximate surface area is 178 Å². The van der Waals surface area contributed by atoms with Gasteiger partial charge in [0.1, 0.15) is 23.5 Å². The highest BCUT2D eigenvalue weighted by atomic mass is 16.5. The minimum Gasteiger partial charge on any atom is -0.497 e. The molecular formula is C24H29NO5. The Kier molecular flexibility index (Phi) is 8.04. The zero-order valence-electron chi connectivity index (χ0n) is 18.2. The van der Waals surface area contributed by atoms with E-state index in [2.05, 4.69) is 0 Å². The molecule has 0 bridgehead atoms. The van der Waals surface area contributed by atoms with Crippen LogP contribution in [0.2, 0.25) is 0 Å². The van der Waals surface area contributed by atoms with E-state index < -0.39 is 5.41 Å². The normalized spacial score (nSPS) is 11.2. The molecule has 6 heteroatoms. The van der Waals surface area contributed by atoms with Crippen LogP contribution in [-0.2, 0) is 16.1 Å². The van der Waals surface area contributed by atoms with Crippen LogP contribution in [0.15, 0.2) is 48.5 Å². The van der Waals surface area contributed by atoms with Gasteiger partial charge in [-0.3, -0.25) is 4.79 Å². The standard InChI is InChI=1S/C24H29NO5/c1-24(2,17-26)16-25(15-19-9-12-21(29-4)14-22(19)30-5)23(27)13-8-18-6-10-20(28-3)11-7-18/h6-14,17H,15-16H2,1-5H3/b13-8+. The second-order valence-corrected chi connectivity index (χ2v) is 7.59. The summed E-state index contributed by atoms with van der Waals surface area (Å²) in [5.74, 6) is 1.84. The first-order valence-corrected chi connectivity index (χ1v) is 9.60. The minimum absolute atomic E-state index is 0.196. The van der Waals surface area contributed by atoms with Gasteiger partial charge in [0.05, 0.1) is 21.3 Å². The number of benzene rings is 2. The van der Waals surface area contributed by atoms with Crippen LogP contribution in [0.25, 0.3) is 6.08 Å². The van der Waals surface area contributed by atoms with Crippen LogP contribution in [0.5, 0.6) is 17.2 Å². The molecule has 0 unspecified atom stereocenters. The lowest BCUT2D eigenvalue weighted by Crippen LogP contribution is -2.38. The van der Waals surface area contributed by atoms with Crippen molar-refractivity contribution < 1.29 is 23.8 Å². The van der Waals surface area contributed by atoms with E-state index in [1.54, 1.807) is 52.2 Å². The molecule has 0 aliphatic heterocycles. The van der Waals surface area contributed by atoms with Crippen molar-refractivity contribution in [2.75, 3.05) is 27.9 Å². The maximum absolute atomic E-state index is 13.0. The Morgan fingerprint density at radius 2 is 1.60 bits per heavy atom. The van der Waals surface area contributed by atoms with Crippen molar-refractivity contribution in [1.29, 1.82) is 0 Å². The SMILES string of the molecule is COc1ccc(/C=C/C(=O)N(Cc2ccc(OC)cc2OC)CC(C)(C)C=O)cc1. The molecule has 0 heterocycles. The molecule has 160 valence electrons.